The normalized spacial score (nSPS) is 12.1. The van der Waals surface area contributed by atoms with Gasteiger partial charge in [-0.2, -0.15) is 4.31 Å². The van der Waals surface area contributed by atoms with Crippen molar-refractivity contribution in [3.8, 4) is 0 Å². The number of aryl methyl sites for hydroxylation is 1. The van der Waals surface area contributed by atoms with Crippen LogP contribution in [0.2, 0.25) is 0 Å². The van der Waals surface area contributed by atoms with Gasteiger partial charge in [0.05, 0.1) is 4.90 Å². The van der Waals surface area contributed by atoms with Crippen molar-refractivity contribution in [1.82, 2.24) is 4.31 Å². The molecule has 1 aromatic rings. The Morgan fingerprint density at radius 2 is 2.05 bits per heavy atom. The van der Waals surface area contributed by atoms with Crippen molar-refractivity contribution in [3.05, 3.63) is 29.3 Å². The van der Waals surface area contributed by atoms with E-state index in [9.17, 15) is 8.42 Å². The molecule has 0 heterocycles. The lowest BCUT2D eigenvalue weighted by Gasteiger charge is -2.20. The van der Waals surface area contributed by atoms with Crippen LogP contribution in [0.3, 0.4) is 0 Å². The minimum absolute atomic E-state index is 0.0167. The minimum atomic E-state index is -3.49. The first-order chi connectivity index (χ1) is 8.97. The Balaban J connectivity index is 3.07. The van der Waals surface area contributed by atoms with Gasteiger partial charge in [-0.05, 0) is 36.6 Å². The van der Waals surface area contributed by atoms with Gasteiger partial charge in [0.2, 0.25) is 10.0 Å². The van der Waals surface area contributed by atoms with Crippen molar-refractivity contribution in [3.63, 3.8) is 0 Å². The van der Waals surface area contributed by atoms with Crippen LogP contribution in [0.4, 0.5) is 0 Å². The average Bonchev–Trinajstić information content (AvgIpc) is 2.39. The molecule has 0 atom stereocenters. The second-order valence-corrected chi connectivity index (χ2v) is 6.30. The molecular formula is C13H22N2O3S. The second kappa shape index (κ2) is 7.00. The van der Waals surface area contributed by atoms with Gasteiger partial charge < -0.3 is 10.8 Å². The van der Waals surface area contributed by atoms with E-state index in [-0.39, 0.29) is 11.5 Å². The number of hydrogen-bond donors (Lipinski definition) is 2. The van der Waals surface area contributed by atoms with Crippen molar-refractivity contribution >= 4 is 10.0 Å². The van der Waals surface area contributed by atoms with Crippen molar-refractivity contribution in [2.75, 3.05) is 19.7 Å². The molecule has 19 heavy (non-hydrogen) atoms. The first-order valence-electron chi connectivity index (χ1n) is 6.38. The summed E-state index contributed by atoms with van der Waals surface area (Å²) in [6.45, 7) is 4.74. The molecule has 0 aliphatic heterocycles. The van der Waals surface area contributed by atoms with E-state index >= 15 is 0 Å². The third-order valence-electron chi connectivity index (χ3n) is 3.09. The highest BCUT2D eigenvalue weighted by Crippen LogP contribution is 2.19. The van der Waals surface area contributed by atoms with E-state index in [0.717, 1.165) is 11.1 Å². The molecule has 0 unspecified atom stereocenters. The molecule has 1 rings (SSSR count). The zero-order valence-corrected chi connectivity index (χ0v) is 12.3. The molecule has 5 nitrogen and oxygen atoms in total. The Bertz CT molecular complexity index is 515. The molecule has 0 spiro atoms. The average molecular weight is 286 g/mol. The van der Waals surface area contributed by atoms with Gasteiger partial charge in [0.1, 0.15) is 0 Å². The van der Waals surface area contributed by atoms with E-state index in [2.05, 4.69) is 0 Å². The van der Waals surface area contributed by atoms with Crippen molar-refractivity contribution in [2.24, 2.45) is 5.73 Å². The zero-order valence-electron chi connectivity index (χ0n) is 11.5. The number of nitrogens with zero attached hydrogens (tertiary/aromatic N) is 1. The second-order valence-electron chi connectivity index (χ2n) is 4.37. The van der Waals surface area contributed by atoms with Crippen LogP contribution < -0.4 is 5.73 Å². The highest BCUT2D eigenvalue weighted by atomic mass is 32.2. The maximum atomic E-state index is 12.4. The van der Waals surface area contributed by atoms with Gasteiger partial charge in [-0.3, -0.25) is 0 Å². The number of hydrogen-bond acceptors (Lipinski definition) is 4. The van der Waals surface area contributed by atoms with Crippen LogP contribution in [0.1, 0.15) is 24.5 Å². The monoisotopic (exact) mass is 286 g/mol. The van der Waals surface area contributed by atoms with E-state index in [1.54, 1.807) is 25.1 Å². The lowest BCUT2D eigenvalue weighted by molar-refractivity contribution is 0.271. The highest BCUT2D eigenvalue weighted by molar-refractivity contribution is 7.89. The fraction of sp³-hybridized carbons (Fsp3) is 0.538. The predicted molar refractivity (Wildman–Crippen MR) is 75.2 cm³/mol. The number of aliphatic hydroxyl groups excluding tert-OH is 1. The zero-order chi connectivity index (χ0) is 14.5. The molecule has 108 valence electrons. The first-order valence-corrected chi connectivity index (χ1v) is 7.82. The van der Waals surface area contributed by atoms with Crippen LogP contribution in [-0.2, 0) is 16.6 Å². The Labute approximate surface area is 115 Å². The molecule has 3 N–H and O–H groups in total. The molecule has 0 radical (unpaired) electrons. The van der Waals surface area contributed by atoms with Gasteiger partial charge in [0.15, 0.2) is 0 Å². The largest absolute Gasteiger partial charge is 0.396 e. The Morgan fingerprint density at radius 3 is 2.53 bits per heavy atom. The smallest absolute Gasteiger partial charge is 0.243 e. The van der Waals surface area contributed by atoms with Gasteiger partial charge in [-0.15, -0.1) is 0 Å². The molecule has 0 fully saturated rings. The van der Waals surface area contributed by atoms with Crippen LogP contribution >= 0.6 is 0 Å². The number of aliphatic hydroxyl groups is 1. The molecular weight excluding hydrogens is 264 g/mol. The summed E-state index contributed by atoms with van der Waals surface area (Å²) in [5, 5.41) is 8.82. The molecule has 0 bridgehead atoms. The van der Waals surface area contributed by atoms with Gasteiger partial charge in [0.25, 0.3) is 0 Å². The first kappa shape index (κ1) is 16.1. The SMILES string of the molecule is CCN(CCCO)S(=O)(=O)c1ccc(CN)c(C)c1. The molecule has 0 saturated heterocycles. The van der Waals surface area contributed by atoms with Crippen molar-refractivity contribution < 1.29 is 13.5 Å². The quantitative estimate of drug-likeness (QED) is 0.778. The van der Waals surface area contributed by atoms with Crippen LogP contribution in [0, 0.1) is 6.92 Å². The van der Waals surface area contributed by atoms with E-state index in [4.69, 9.17) is 10.8 Å². The maximum absolute atomic E-state index is 12.4. The van der Waals surface area contributed by atoms with Gasteiger partial charge in [-0.1, -0.05) is 13.0 Å². The summed E-state index contributed by atoms with van der Waals surface area (Å²) in [7, 11) is -3.49. The fourth-order valence-electron chi connectivity index (χ4n) is 1.90. The van der Waals surface area contributed by atoms with Crippen LogP contribution in [0.5, 0.6) is 0 Å². The fourth-order valence-corrected chi connectivity index (χ4v) is 3.48. The lowest BCUT2D eigenvalue weighted by atomic mass is 10.1. The van der Waals surface area contributed by atoms with E-state index < -0.39 is 10.0 Å². The Hall–Kier alpha value is -0.950. The van der Waals surface area contributed by atoms with Gasteiger partial charge >= 0.3 is 0 Å². The van der Waals surface area contributed by atoms with E-state index in [0.29, 0.717) is 26.1 Å². The summed E-state index contributed by atoms with van der Waals surface area (Å²) < 4.78 is 26.2. The van der Waals surface area contributed by atoms with Gasteiger partial charge in [0, 0.05) is 26.2 Å². The van der Waals surface area contributed by atoms with Gasteiger partial charge in [-0.25, -0.2) is 8.42 Å². The van der Waals surface area contributed by atoms with Crippen molar-refractivity contribution in [2.45, 2.75) is 31.7 Å². The third-order valence-corrected chi connectivity index (χ3v) is 5.06. The summed E-state index contributed by atoms with van der Waals surface area (Å²) in [5.74, 6) is 0. The lowest BCUT2D eigenvalue weighted by Crippen LogP contribution is -2.32. The Morgan fingerprint density at radius 1 is 1.37 bits per heavy atom. The summed E-state index contributed by atoms with van der Waals surface area (Å²) in [5.41, 5.74) is 7.39. The summed E-state index contributed by atoms with van der Waals surface area (Å²) >= 11 is 0. The van der Waals surface area contributed by atoms with Crippen LogP contribution in [0.15, 0.2) is 23.1 Å². The van der Waals surface area contributed by atoms with Crippen molar-refractivity contribution in [1.29, 1.82) is 0 Å². The molecule has 0 aliphatic carbocycles. The molecule has 6 heteroatoms. The van der Waals surface area contributed by atoms with Crippen LogP contribution in [0.25, 0.3) is 0 Å². The maximum Gasteiger partial charge on any atom is 0.243 e. The summed E-state index contributed by atoms with van der Waals surface area (Å²) in [6, 6.07) is 4.99. The summed E-state index contributed by atoms with van der Waals surface area (Å²) in [6.07, 6.45) is 0.437. The molecule has 0 aliphatic rings. The predicted octanol–water partition coefficient (Wildman–Crippen LogP) is 0.847. The molecule has 0 aromatic heterocycles. The number of sulfonamides is 1. The highest BCUT2D eigenvalue weighted by Gasteiger charge is 2.22. The Kier molecular flexibility index (Phi) is 5.93. The number of benzene rings is 1. The number of nitrogens with two attached hydrogens (primary N) is 1. The van der Waals surface area contributed by atoms with E-state index in [1.807, 2.05) is 6.92 Å². The molecule has 1 aromatic carbocycles. The molecule has 0 amide bonds. The summed E-state index contributed by atoms with van der Waals surface area (Å²) in [4.78, 5) is 0.280. The topological polar surface area (TPSA) is 83.6 Å². The third kappa shape index (κ3) is 3.76. The van der Waals surface area contributed by atoms with Crippen LogP contribution in [-0.4, -0.2) is 37.5 Å². The number of rotatable bonds is 7. The minimum Gasteiger partial charge on any atom is -0.396 e. The standard InChI is InChI=1S/C13H22N2O3S/c1-3-15(7-4-8-16)19(17,18)13-6-5-12(10-14)11(2)9-13/h5-6,9,16H,3-4,7-8,10,14H2,1-2H3. The molecule has 0 saturated carbocycles. The van der Waals surface area contributed by atoms with E-state index in [1.165, 1.54) is 4.31 Å².